The van der Waals surface area contributed by atoms with Crippen LogP contribution in [0.5, 0.6) is 0 Å². The molecule has 0 bridgehead atoms. The SMILES string of the molecule is C/C=C(\C)c1ccc(C(c2ccccc2)c2ccccc2)cc1. The average molecular weight is 298 g/mol. The van der Waals surface area contributed by atoms with Crippen LogP contribution in [0.15, 0.2) is 91.0 Å². The van der Waals surface area contributed by atoms with Crippen LogP contribution in [0.25, 0.3) is 5.57 Å². The summed E-state index contributed by atoms with van der Waals surface area (Å²) in [5, 5.41) is 0. The lowest BCUT2D eigenvalue weighted by Gasteiger charge is -2.19. The summed E-state index contributed by atoms with van der Waals surface area (Å²) in [7, 11) is 0. The lowest BCUT2D eigenvalue weighted by molar-refractivity contribution is 0.977. The highest BCUT2D eigenvalue weighted by Gasteiger charge is 2.16. The van der Waals surface area contributed by atoms with E-state index in [-0.39, 0.29) is 5.92 Å². The van der Waals surface area contributed by atoms with Gasteiger partial charge in [0.15, 0.2) is 0 Å². The monoisotopic (exact) mass is 298 g/mol. The molecule has 0 unspecified atom stereocenters. The third kappa shape index (κ3) is 3.43. The molecule has 0 atom stereocenters. The van der Waals surface area contributed by atoms with E-state index in [0.717, 1.165) is 0 Å². The number of hydrogen-bond donors (Lipinski definition) is 0. The highest BCUT2D eigenvalue weighted by molar-refractivity contribution is 5.63. The van der Waals surface area contributed by atoms with Gasteiger partial charge < -0.3 is 0 Å². The molecule has 3 aromatic carbocycles. The summed E-state index contributed by atoms with van der Waals surface area (Å²) in [6.45, 7) is 4.24. The summed E-state index contributed by atoms with van der Waals surface area (Å²) in [6.07, 6.45) is 2.15. The Morgan fingerprint density at radius 1 is 0.652 bits per heavy atom. The topological polar surface area (TPSA) is 0 Å². The van der Waals surface area contributed by atoms with Gasteiger partial charge in [0.05, 0.1) is 0 Å². The van der Waals surface area contributed by atoms with Gasteiger partial charge in [-0.15, -0.1) is 0 Å². The fraction of sp³-hybridized carbons (Fsp3) is 0.130. The van der Waals surface area contributed by atoms with Crippen molar-refractivity contribution < 1.29 is 0 Å². The van der Waals surface area contributed by atoms with Crippen molar-refractivity contribution in [3.05, 3.63) is 113 Å². The third-order valence-electron chi connectivity index (χ3n) is 4.40. The maximum Gasteiger partial charge on any atom is 0.0339 e. The smallest absolute Gasteiger partial charge is 0.0339 e. The van der Waals surface area contributed by atoms with Crippen molar-refractivity contribution in [1.82, 2.24) is 0 Å². The Morgan fingerprint density at radius 2 is 1.09 bits per heavy atom. The molecular formula is C23H22. The molecule has 0 aromatic heterocycles. The van der Waals surface area contributed by atoms with Crippen LogP contribution in [0.4, 0.5) is 0 Å². The lowest BCUT2D eigenvalue weighted by Crippen LogP contribution is -2.03. The van der Waals surface area contributed by atoms with Gasteiger partial charge >= 0.3 is 0 Å². The van der Waals surface area contributed by atoms with Crippen molar-refractivity contribution in [3.8, 4) is 0 Å². The molecular weight excluding hydrogens is 276 g/mol. The van der Waals surface area contributed by atoms with E-state index >= 15 is 0 Å². The molecule has 3 aromatic rings. The maximum absolute atomic E-state index is 2.26. The van der Waals surface area contributed by atoms with Gasteiger partial charge in [0, 0.05) is 5.92 Å². The zero-order valence-electron chi connectivity index (χ0n) is 13.7. The van der Waals surface area contributed by atoms with E-state index in [1.807, 2.05) is 0 Å². The lowest BCUT2D eigenvalue weighted by atomic mass is 9.84. The minimum atomic E-state index is 0.275. The van der Waals surface area contributed by atoms with Gasteiger partial charge in [0.2, 0.25) is 0 Å². The zero-order chi connectivity index (χ0) is 16.1. The number of benzene rings is 3. The first kappa shape index (κ1) is 15.3. The standard InChI is InChI=1S/C23H22/c1-3-18(2)19-14-16-22(17-15-19)23(20-10-6-4-7-11-20)21-12-8-5-9-13-21/h3-17,23H,1-2H3/b18-3+. The molecule has 0 saturated heterocycles. The van der Waals surface area contributed by atoms with Crippen molar-refractivity contribution in [2.45, 2.75) is 19.8 Å². The van der Waals surface area contributed by atoms with Crippen LogP contribution < -0.4 is 0 Å². The van der Waals surface area contributed by atoms with Crippen molar-refractivity contribution in [3.63, 3.8) is 0 Å². The second-order valence-electron chi connectivity index (χ2n) is 5.85. The summed E-state index contributed by atoms with van der Waals surface area (Å²) in [5.41, 5.74) is 6.59. The van der Waals surface area contributed by atoms with E-state index in [9.17, 15) is 0 Å². The van der Waals surface area contributed by atoms with Gasteiger partial charge in [-0.05, 0) is 41.7 Å². The second kappa shape index (κ2) is 7.11. The van der Waals surface area contributed by atoms with Crippen LogP contribution in [0.1, 0.15) is 42.0 Å². The molecule has 3 rings (SSSR count). The Balaban J connectivity index is 2.06. The van der Waals surface area contributed by atoms with E-state index in [1.54, 1.807) is 0 Å². The Morgan fingerprint density at radius 3 is 1.52 bits per heavy atom. The fourth-order valence-corrected chi connectivity index (χ4v) is 2.97. The van der Waals surface area contributed by atoms with Crippen LogP contribution in [-0.4, -0.2) is 0 Å². The largest absolute Gasteiger partial charge is 0.0841 e. The highest BCUT2D eigenvalue weighted by Crippen LogP contribution is 2.32. The fourth-order valence-electron chi connectivity index (χ4n) is 2.97. The van der Waals surface area contributed by atoms with Crippen LogP contribution in [0, 0.1) is 0 Å². The first-order chi connectivity index (χ1) is 11.3. The summed E-state index contributed by atoms with van der Waals surface area (Å²) < 4.78 is 0. The Bertz CT molecular complexity index is 726. The Hall–Kier alpha value is -2.60. The van der Waals surface area contributed by atoms with Gasteiger partial charge in [0.25, 0.3) is 0 Å². The molecule has 0 aliphatic carbocycles. The van der Waals surface area contributed by atoms with Gasteiger partial charge in [0.1, 0.15) is 0 Å². The maximum atomic E-state index is 2.26. The van der Waals surface area contributed by atoms with Crippen molar-refractivity contribution in [2.75, 3.05) is 0 Å². The Labute approximate surface area is 139 Å². The molecule has 0 N–H and O–H groups in total. The predicted octanol–water partition coefficient (Wildman–Crippen LogP) is 6.29. The minimum Gasteiger partial charge on any atom is -0.0841 e. The zero-order valence-corrected chi connectivity index (χ0v) is 13.7. The molecule has 0 aliphatic rings. The van der Waals surface area contributed by atoms with Crippen LogP contribution in [0.2, 0.25) is 0 Å². The van der Waals surface area contributed by atoms with Crippen LogP contribution >= 0.6 is 0 Å². The minimum absolute atomic E-state index is 0.275. The van der Waals surface area contributed by atoms with Crippen molar-refractivity contribution >= 4 is 5.57 Å². The predicted molar refractivity (Wildman–Crippen MR) is 99.6 cm³/mol. The molecule has 0 saturated carbocycles. The number of rotatable bonds is 4. The summed E-state index contributed by atoms with van der Waals surface area (Å²) >= 11 is 0. The van der Waals surface area contributed by atoms with Gasteiger partial charge in [-0.1, -0.05) is 91.0 Å². The molecule has 0 fully saturated rings. The van der Waals surface area contributed by atoms with Crippen LogP contribution in [0.3, 0.4) is 0 Å². The van der Waals surface area contributed by atoms with E-state index in [0.29, 0.717) is 0 Å². The van der Waals surface area contributed by atoms with E-state index in [1.165, 1.54) is 27.8 Å². The molecule has 23 heavy (non-hydrogen) atoms. The number of allylic oxidation sites excluding steroid dienone is 2. The molecule has 0 spiro atoms. The molecule has 0 heterocycles. The molecule has 0 radical (unpaired) electrons. The van der Waals surface area contributed by atoms with E-state index in [2.05, 4.69) is 105 Å². The van der Waals surface area contributed by atoms with Gasteiger partial charge in [-0.25, -0.2) is 0 Å². The first-order valence-corrected chi connectivity index (χ1v) is 8.12. The highest BCUT2D eigenvalue weighted by atomic mass is 14.2. The first-order valence-electron chi connectivity index (χ1n) is 8.12. The normalized spacial score (nSPS) is 11.7. The number of hydrogen-bond acceptors (Lipinski definition) is 0. The van der Waals surface area contributed by atoms with Crippen LogP contribution in [-0.2, 0) is 0 Å². The summed E-state index contributed by atoms with van der Waals surface area (Å²) in [6, 6.07) is 30.4. The quantitative estimate of drug-likeness (QED) is 0.496. The van der Waals surface area contributed by atoms with E-state index in [4.69, 9.17) is 0 Å². The molecule has 0 aliphatic heterocycles. The van der Waals surface area contributed by atoms with Gasteiger partial charge in [-0.3, -0.25) is 0 Å². The van der Waals surface area contributed by atoms with Crippen molar-refractivity contribution in [2.24, 2.45) is 0 Å². The van der Waals surface area contributed by atoms with Crippen molar-refractivity contribution in [1.29, 1.82) is 0 Å². The molecule has 0 nitrogen and oxygen atoms in total. The summed E-state index contributed by atoms with van der Waals surface area (Å²) in [4.78, 5) is 0. The summed E-state index contributed by atoms with van der Waals surface area (Å²) in [5.74, 6) is 0.275. The average Bonchev–Trinajstić information content (AvgIpc) is 2.64. The van der Waals surface area contributed by atoms with E-state index < -0.39 is 0 Å². The second-order valence-corrected chi connectivity index (χ2v) is 5.85. The Kier molecular flexibility index (Phi) is 4.73. The third-order valence-corrected chi connectivity index (χ3v) is 4.40. The molecule has 114 valence electrons. The van der Waals surface area contributed by atoms with Gasteiger partial charge in [-0.2, -0.15) is 0 Å². The molecule has 0 amide bonds. The molecule has 0 heteroatoms.